The molecule has 4 aromatic heterocycles. The molecule has 0 N–H and O–H groups in total. The summed E-state index contributed by atoms with van der Waals surface area (Å²) in [6.45, 7) is 9.16. The fourth-order valence-corrected chi connectivity index (χ4v) is 5.41. The van der Waals surface area contributed by atoms with Gasteiger partial charge in [-0.25, -0.2) is 14.3 Å². The van der Waals surface area contributed by atoms with Gasteiger partial charge in [-0.2, -0.15) is 0 Å². The summed E-state index contributed by atoms with van der Waals surface area (Å²) in [6.07, 6.45) is 7.80. The molecule has 208 valence electrons. The number of nitroso groups, excluding NO2 is 1. The molecule has 0 aliphatic heterocycles. The van der Waals surface area contributed by atoms with Crippen molar-refractivity contribution < 1.29 is 14.1 Å². The molecule has 1 aliphatic carbocycles. The molecule has 1 aliphatic rings. The number of aromatic nitrogens is 5. The molecule has 10 nitrogen and oxygen atoms in total. The molecule has 0 atom stereocenters. The molecular weight excluding hydrogens is 520 g/mol. The highest BCUT2D eigenvalue weighted by atomic mass is 16.6. The monoisotopic (exact) mass is 550 g/mol. The molecule has 41 heavy (non-hydrogen) atoms. The van der Waals surface area contributed by atoms with Crippen LogP contribution in [0.15, 0.2) is 70.9 Å². The van der Waals surface area contributed by atoms with Crippen molar-refractivity contribution in [3.63, 3.8) is 0 Å². The van der Waals surface area contributed by atoms with Crippen molar-refractivity contribution in [3.8, 4) is 11.1 Å². The van der Waals surface area contributed by atoms with Gasteiger partial charge in [-0.1, -0.05) is 17.3 Å². The van der Waals surface area contributed by atoms with E-state index in [1.165, 1.54) is 0 Å². The van der Waals surface area contributed by atoms with Gasteiger partial charge in [0.15, 0.2) is 5.54 Å². The number of aryl methyl sites for hydroxylation is 2. The van der Waals surface area contributed by atoms with Crippen LogP contribution in [-0.2, 0) is 10.3 Å². The molecule has 6 rings (SSSR count). The molecule has 4 heterocycles. The summed E-state index contributed by atoms with van der Waals surface area (Å²) in [5.74, 6) is 1.30. The molecule has 0 amide bonds. The molecule has 10 heteroatoms. The van der Waals surface area contributed by atoms with E-state index in [4.69, 9.17) is 14.2 Å². The van der Waals surface area contributed by atoms with E-state index in [1.54, 1.807) is 41.5 Å². The summed E-state index contributed by atoms with van der Waals surface area (Å²) in [5, 5.41) is 7.97. The zero-order chi connectivity index (χ0) is 28.9. The van der Waals surface area contributed by atoms with Crippen LogP contribution in [0.3, 0.4) is 0 Å². The third-order valence-electron chi connectivity index (χ3n) is 7.31. The lowest BCUT2D eigenvalue weighted by atomic mass is 9.77. The lowest BCUT2D eigenvalue weighted by Gasteiger charge is -2.28. The van der Waals surface area contributed by atoms with E-state index in [2.05, 4.69) is 20.3 Å². The number of hydrogen-bond acceptors (Lipinski definition) is 9. The maximum Gasteiger partial charge on any atom is 0.420 e. The Hall–Kier alpha value is -4.73. The lowest BCUT2D eigenvalue weighted by Crippen LogP contribution is -2.28. The molecule has 1 saturated carbocycles. The molecule has 0 bridgehead atoms. The van der Waals surface area contributed by atoms with Gasteiger partial charge < -0.3 is 9.26 Å². The first-order valence-corrected chi connectivity index (χ1v) is 13.5. The Kier molecular flexibility index (Phi) is 6.28. The molecule has 0 unspecified atom stereocenters. The molecule has 1 aromatic carbocycles. The molecular formula is C31H30N6O4. The smallest absolute Gasteiger partial charge is 0.420 e. The van der Waals surface area contributed by atoms with Crippen LogP contribution in [0.25, 0.3) is 22.2 Å². The van der Waals surface area contributed by atoms with Crippen LogP contribution in [-0.4, -0.2) is 36.4 Å². The second-order valence-electron chi connectivity index (χ2n) is 11.4. The van der Waals surface area contributed by atoms with Gasteiger partial charge in [-0.05, 0) is 82.5 Å². The second kappa shape index (κ2) is 9.72. The van der Waals surface area contributed by atoms with Gasteiger partial charge in [0.05, 0.1) is 16.7 Å². The van der Waals surface area contributed by atoms with E-state index in [-0.39, 0.29) is 5.92 Å². The SMILES string of the molecule is Cc1noc(C)c1-c1cc(C(N=O)(c2cccnc2)c2cccnc2)c2nc(C3CC3)n(C(=O)OC(C)(C)C)c2c1. The average molecular weight is 551 g/mol. The number of ether oxygens (including phenoxy) is 1. The van der Waals surface area contributed by atoms with Crippen LogP contribution < -0.4 is 0 Å². The summed E-state index contributed by atoms with van der Waals surface area (Å²) in [6, 6.07) is 10.9. The Bertz CT molecular complexity index is 1710. The summed E-state index contributed by atoms with van der Waals surface area (Å²) >= 11 is 0. The largest absolute Gasteiger partial charge is 0.443 e. The first kappa shape index (κ1) is 26.5. The Labute approximate surface area is 236 Å². The highest BCUT2D eigenvalue weighted by molar-refractivity contribution is 5.94. The van der Waals surface area contributed by atoms with Gasteiger partial charge in [0.2, 0.25) is 0 Å². The second-order valence-corrected chi connectivity index (χ2v) is 11.4. The van der Waals surface area contributed by atoms with Crippen LogP contribution in [0.5, 0.6) is 0 Å². The third kappa shape index (κ3) is 4.49. The molecule has 1 fully saturated rings. The van der Waals surface area contributed by atoms with Gasteiger partial charge in [0, 0.05) is 53.0 Å². The van der Waals surface area contributed by atoms with Gasteiger partial charge in [0.1, 0.15) is 17.2 Å². The molecule has 5 aromatic rings. The summed E-state index contributed by atoms with van der Waals surface area (Å²) in [5.41, 5.74) is 2.39. The average Bonchev–Trinajstić information content (AvgIpc) is 3.64. The highest BCUT2D eigenvalue weighted by Crippen LogP contribution is 2.47. The van der Waals surface area contributed by atoms with Crippen molar-refractivity contribution >= 4 is 17.1 Å². The van der Waals surface area contributed by atoms with E-state index in [9.17, 15) is 9.70 Å². The normalized spacial score (nSPS) is 13.9. The predicted octanol–water partition coefficient (Wildman–Crippen LogP) is 6.82. The molecule has 0 spiro atoms. The highest BCUT2D eigenvalue weighted by Gasteiger charge is 2.43. The maximum atomic E-state index is 13.8. The van der Waals surface area contributed by atoms with Crippen molar-refractivity contribution in [2.45, 2.75) is 64.5 Å². The van der Waals surface area contributed by atoms with Crippen molar-refractivity contribution in [1.29, 1.82) is 0 Å². The minimum absolute atomic E-state index is 0.0978. The molecule has 0 radical (unpaired) electrons. The first-order chi connectivity index (χ1) is 19.6. The number of carbonyl (C=O) groups excluding carboxylic acids is 1. The fraction of sp³-hybridized carbons (Fsp3) is 0.323. The van der Waals surface area contributed by atoms with Crippen molar-refractivity contribution in [2.24, 2.45) is 5.18 Å². The van der Waals surface area contributed by atoms with Crippen molar-refractivity contribution in [2.75, 3.05) is 0 Å². The van der Waals surface area contributed by atoms with Crippen molar-refractivity contribution in [1.82, 2.24) is 24.7 Å². The Balaban J connectivity index is 1.77. The Morgan fingerprint density at radius 3 is 2.20 bits per heavy atom. The number of carbonyl (C=O) groups is 1. The van der Waals surface area contributed by atoms with Gasteiger partial charge in [-0.15, -0.1) is 4.91 Å². The minimum Gasteiger partial charge on any atom is -0.443 e. The first-order valence-electron chi connectivity index (χ1n) is 13.5. The zero-order valence-corrected chi connectivity index (χ0v) is 23.6. The number of nitrogens with zero attached hydrogens (tertiary/aromatic N) is 6. The van der Waals surface area contributed by atoms with E-state index in [0.717, 1.165) is 18.4 Å². The maximum absolute atomic E-state index is 13.8. The zero-order valence-electron chi connectivity index (χ0n) is 23.6. The third-order valence-corrected chi connectivity index (χ3v) is 7.31. The minimum atomic E-state index is -1.58. The fourth-order valence-electron chi connectivity index (χ4n) is 5.41. The van der Waals surface area contributed by atoms with Gasteiger partial charge in [-0.3, -0.25) is 9.97 Å². The summed E-state index contributed by atoms with van der Waals surface area (Å²) in [7, 11) is 0. The van der Waals surface area contributed by atoms with Crippen LogP contribution in [0, 0.1) is 18.8 Å². The quantitative estimate of drug-likeness (QED) is 0.211. The summed E-state index contributed by atoms with van der Waals surface area (Å²) < 4.78 is 12.9. The lowest BCUT2D eigenvalue weighted by molar-refractivity contribution is 0.0539. The van der Waals surface area contributed by atoms with Crippen LogP contribution >= 0.6 is 0 Å². The van der Waals surface area contributed by atoms with E-state index in [0.29, 0.717) is 50.6 Å². The number of imidazole rings is 1. The number of rotatable bonds is 6. The van der Waals surface area contributed by atoms with E-state index in [1.807, 2.05) is 58.9 Å². The number of pyridine rings is 2. The number of fused-ring (bicyclic) bond motifs is 1. The van der Waals surface area contributed by atoms with Crippen LogP contribution in [0.1, 0.15) is 73.5 Å². The van der Waals surface area contributed by atoms with E-state index < -0.39 is 17.2 Å². The van der Waals surface area contributed by atoms with Crippen LogP contribution in [0.4, 0.5) is 4.79 Å². The summed E-state index contributed by atoms with van der Waals surface area (Å²) in [4.78, 5) is 40.7. The van der Waals surface area contributed by atoms with Gasteiger partial charge in [0.25, 0.3) is 0 Å². The standard InChI is InChI=1S/C31H30N6O4/c1-18-26(19(2)41-35-18)21-14-24(31(36-39,22-8-6-12-32-16-22)23-9-7-13-33-17-23)27-25(15-21)37(28(34-27)20-10-11-20)29(38)40-30(3,4)5/h6-9,12-17,20H,10-11H2,1-5H3. The van der Waals surface area contributed by atoms with E-state index >= 15 is 0 Å². The predicted molar refractivity (Wildman–Crippen MR) is 152 cm³/mol. The number of hydrogen-bond donors (Lipinski definition) is 0. The Morgan fingerprint density at radius 2 is 1.71 bits per heavy atom. The van der Waals surface area contributed by atoms with Crippen LogP contribution in [0.2, 0.25) is 0 Å². The Morgan fingerprint density at radius 1 is 1.05 bits per heavy atom. The molecule has 0 saturated heterocycles. The number of benzene rings is 1. The topological polar surface area (TPSA) is 125 Å². The van der Waals surface area contributed by atoms with Crippen molar-refractivity contribution in [3.05, 3.63) is 100 Å². The van der Waals surface area contributed by atoms with Gasteiger partial charge >= 0.3 is 6.09 Å².